The Hall–Kier alpha value is -3.73. The minimum atomic E-state index is 0.591. The summed E-state index contributed by atoms with van der Waals surface area (Å²) < 4.78 is 2.00. The fourth-order valence-corrected chi connectivity index (χ4v) is 3.56. The molecule has 0 radical (unpaired) electrons. The first kappa shape index (κ1) is 16.4. The van der Waals surface area contributed by atoms with Crippen molar-refractivity contribution in [3.63, 3.8) is 0 Å². The van der Waals surface area contributed by atoms with Gasteiger partial charge in [-0.05, 0) is 36.2 Å². The molecule has 5 rings (SSSR count). The topological polar surface area (TPSA) is 69.1 Å². The summed E-state index contributed by atoms with van der Waals surface area (Å²) in [7, 11) is 0. The van der Waals surface area contributed by atoms with Crippen molar-refractivity contribution in [1.29, 1.82) is 0 Å². The van der Waals surface area contributed by atoms with Gasteiger partial charge < -0.3 is 10.1 Å². The Balaban J connectivity index is 1.69. The first-order chi connectivity index (χ1) is 13.7. The van der Waals surface area contributed by atoms with E-state index in [0.29, 0.717) is 5.82 Å². The smallest absolute Gasteiger partial charge is 0.136 e. The van der Waals surface area contributed by atoms with E-state index in [9.17, 15) is 0 Å². The van der Waals surface area contributed by atoms with Crippen LogP contribution in [0.5, 0.6) is 0 Å². The molecule has 4 aromatic heterocycles. The van der Waals surface area contributed by atoms with Crippen LogP contribution in [0.2, 0.25) is 0 Å². The first-order valence-corrected chi connectivity index (χ1v) is 9.30. The number of hydrogen-bond acceptors (Lipinski definition) is 4. The first-order valence-electron chi connectivity index (χ1n) is 9.30. The quantitative estimate of drug-likeness (QED) is 0.501. The number of nitrogens with two attached hydrogens (primary N) is 1. The predicted octanol–water partition coefficient (Wildman–Crippen LogP) is 4.76. The maximum Gasteiger partial charge on any atom is 0.136 e. The lowest BCUT2D eigenvalue weighted by Gasteiger charge is -2.10. The van der Waals surface area contributed by atoms with Crippen LogP contribution in [0.4, 0.5) is 5.82 Å². The van der Waals surface area contributed by atoms with Gasteiger partial charge in [0.25, 0.3) is 0 Å². The van der Waals surface area contributed by atoms with Gasteiger partial charge in [0.15, 0.2) is 0 Å². The van der Waals surface area contributed by atoms with Crippen LogP contribution < -0.4 is 5.73 Å². The third-order valence-corrected chi connectivity index (χ3v) is 5.10. The van der Waals surface area contributed by atoms with Gasteiger partial charge in [0.1, 0.15) is 11.5 Å². The second-order valence-electron chi connectivity index (χ2n) is 6.81. The average Bonchev–Trinajstić information content (AvgIpc) is 3.21. The number of hydrogen-bond donors (Lipinski definition) is 1. The van der Waals surface area contributed by atoms with Crippen LogP contribution in [0.3, 0.4) is 0 Å². The molecule has 0 aliphatic rings. The number of nitrogen functional groups attached to an aromatic ring is 1. The Bertz CT molecular complexity index is 1320. The van der Waals surface area contributed by atoms with Gasteiger partial charge in [-0.2, -0.15) is 0 Å². The summed E-state index contributed by atoms with van der Waals surface area (Å²) in [6, 6.07) is 16.6. The van der Waals surface area contributed by atoms with Gasteiger partial charge in [0.2, 0.25) is 0 Å². The number of anilines is 1. The number of rotatable bonds is 3. The molecule has 0 saturated carbocycles. The molecule has 2 N–H and O–H groups in total. The average molecular weight is 365 g/mol. The SMILES string of the molecule is CCc1cc(-c2cccc3ccc(-c4ccc5nccn5c4)nc23)cnc1N. The van der Waals surface area contributed by atoms with Crippen molar-refractivity contribution >= 4 is 22.4 Å². The third-order valence-electron chi connectivity index (χ3n) is 5.10. The molecule has 1 aromatic carbocycles. The highest BCUT2D eigenvalue weighted by Gasteiger charge is 2.10. The van der Waals surface area contributed by atoms with E-state index in [0.717, 1.165) is 50.9 Å². The molecule has 0 unspecified atom stereocenters. The Labute approximate surface area is 162 Å². The zero-order valence-corrected chi connectivity index (χ0v) is 15.5. The highest BCUT2D eigenvalue weighted by molar-refractivity contribution is 5.95. The Kier molecular flexibility index (Phi) is 3.79. The monoisotopic (exact) mass is 365 g/mol. The number of pyridine rings is 3. The number of para-hydroxylation sites is 1. The highest BCUT2D eigenvalue weighted by atomic mass is 15.0. The van der Waals surface area contributed by atoms with Gasteiger partial charge in [0.05, 0.1) is 11.2 Å². The molecule has 0 atom stereocenters. The van der Waals surface area contributed by atoms with Crippen LogP contribution in [-0.4, -0.2) is 19.4 Å². The summed E-state index contributed by atoms with van der Waals surface area (Å²) in [4.78, 5) is 13.7. The van der Waals surface area contributed by atoms with Gasteiger partial charge in [-0.15, -0.1) is 0 Å². The predicted molar refractivity (Wildman–Crippen MR) is 113 cm³/mol. The fraction of sp³-hybridized carbons (Fsp3) is 0.0870. The number of imidazole rings is 1. The maximum atomic E-state index is 5.99. The summed E-state index contributed by atoms with van der Waals surface area (Å²) in [5.74, 6) is 0.591. The van der Waals surface area contributed by atoms with Crippen LogP contribution in [0.15, 0.2) is 73.3 Å². The molecule has 5 nitrogen and oxygen atoms in total. The van der Waals surface area contributed by atoms with Crippen molar-refractivity contribution < 1.29 is 0 Å². The van der Waals surface area contributed by atoms with E-state index >= 15 is 0 Å². The van der Waals surface area contributed by atoms with Crippen molar-refractivity contribution in [2.24, 2.45) is 0 Å². The molecule has 0 aliphatic heterocycles. The van der Waals surface area contributed by atoms with Gasteiger partial charge in [-0.25, -0.2) is 15.0 Å². The Morgan fingerprint density at radius 3 is 2.82 bits per heavy atom. The van der Waals surface area contributed by atoms with Crippen LogP contribution in [0, 0.1) is 0 Å². The van der Waals surface area contributed by atoms with Crippen LogP contribution >= 0.6 is 0 Å². The highest BCUT2D eigenvalue weighted by Crippen LogP contribution is 2.30. The third kappa shape index (κ3) is 2.68. The molecule has 28 heavy (non-hydrogen) atoms. The second kappa shape index (κ2) is 6.46. The molecular formula is C23H19N5. The molecule has 0 fully saturated rings. The minimum absolute atomic E-state index is 0.591. The molecule has 0 spiro atoms. The van der Waals surface area contributed by atoms with E-state index in [1.807, 2.05) is 22.9 Å². The lowest BCUT2D eigenvalue weighted by Crippen LogP contribution is -1.97. The Morgan fingerprint density at radius 1 is 1.00 bits per heavy atom. The van der Waals surface area contributed by atoms with Crippen molar-refractivity contribution in [3.8, 4) is 22.4 Å². The van der Waals surface area contributed by atoms with Gasteiger partial charge in [0, 0.05) is 46.9 Å². The van der Waals surface area contributed by atoms with E-state index in [1.54, 1.807) is 6.20 Å². The number of aryl methyl sites for hydroxylation is 1. The van der Waals surface area contributed by atoms with Gasteiger partial charge in [-0.1, -0.05) is 31.2 Å². The summed E-state index contributed by atoms with van der Waals surface area (Å²) in [5, 5.41) is 1.10. The Morgan fingerprint density at radius 2 is 1.93 bits per heavy atom. The van der Waals surface area contributed by atoms with Crippen molar-refractivity contribution in [3.05, 3.63) is 78.9 Å². The normalized spacial score (nSPS) is 11.3. The van der Waals surface area contributed by atoms with Crippen molar-refractivity contribution in [2.75, 3.05) is 5.73 Å². The lowest BCUT2D eigenvalue weighted by atomic mass is 10.0. The molecule has 5 heteroatoms. The van der Waals surface area contributed by atoms with Gasteiger partial charge >= 0.3 is 0 Å². The molecular weight excluding hydrogens is 346 g/mol. The zero-order chi connectivity index (χ0) is 19.1. The minimum Gasteiger partial charge on any atom is -0.383 e. The summed E-state index contributed by atoms with van der Waals surface area (Å²) in [5.41, 5.74) is 13.0. The molecule has 136 valence electrons. The maximum absolute atomic E-state index is 5.99. The van der Waals surface area contributed by atoms with Crippen LogP contribution in [-0.2, 0) is 6.42 Å². The van der Waals surface area contributed by atoms with E-state index in [1.165, 1.54) is 0 Å². The summed E-state index contributed by atoms with van der Waals surface area (Å²) in [6.07, 6.45) is 8.47. The van der Waals surface area contributed by atoms with Crippen molar-refractivity contribution in [1.82, 2.24) is 19.4 Å². The molecule has 0 bridgehead atoms. The van der Waals surface area contributed by atoms with E-state index in [4.69, 9.17) is 10.7 Å². The molecule has 0 aliphatic carbocycles. The summed E-state index contributed by atoms with van der Waals surface area (Å²) >= 11 is 0. The number of aromatic nitrogens is 4. The number of nitrogens with zero attached hydrogens (tertiary/aromatic N) is 4. The number of benzene rings is 1. The van der Waals surface area contributed by atoms with E-state index in [2.05, 4.69) is 65.6 Å². The van der Waals surface area contributed by atoms with Crippen LogP contribution in [0.25, 0.3) is 38.9 Å². The second-order valence-corrected chi connectivity index (χ2v) is 6.81. The largest absolute Gasteiger partial charge is 0.383 e. The fourth-order valence-electron chi connectivity index (χ4n) is 3.56. The molecule has 0 saturated heterocycles. The number of fused-ring (bicyclic) bond motifs is 2. The van der Waals surface area contributed by atoms with E-state index < -0.39 is 0 Å². The van der Waals surface area contributed by atoms with E-state index in [-0.39, 0.29) is 0 Å². The van der Waals surface area contributed by atoms with Crippen molar-refractivity contribution in [2.45, 2.75) is 13.3 Å². The molecule has 4 heterocycles. The zero-order valence-electron chi connectivity index (χ0n) is 15.5. The molecule has 5 aromatic rings. The standard InChI is InChI=1S/C23H19N5/c1-2-15-12-18(13-26-23(15)24)19-5-3-4-16-6-8-20(27-22(16)19)17-7-9-21-25-10-11-28(21)14-17/h3-14H,2H2,1H3,(H2,24,26). The molecule has 0 amide bonds. The van der Waals surface area contributed by atoms with Gasteiger partial charge in [-0.3, -0.25) is 0 Å². The van der Waals surface area contributed by atoms with Crippen LogP contribution in [0.1, 0.15) is 12.5 Å². The lowest BCUT2D eigenvalue weighted by molar-refractivity contribution is 1.11. The summed E-state index contributed by atoms with van der Waals surface area (Å²) in [6.45, 7) is 2.09.